The molecule has 0 radical (unpaired) electrons. The molecule has 1 aromatic heterocycles. The summed E-state index contributed by atoms with van der Waals surface area (Å²) in [6.07, 6.45) is 3.62. The van der Waals surface area contributed by atoms with Crippen LogP contribution in [0.1, 0.15) is 51.8 Å². The standard InChI is InChI=1S/C26H35N5/c1-7-22(27)24(19-11-9-18(3)10-12-19)31(8-2)20-13-14-23-21(15-20)25(30-17-29-23)28-16-26(4,5)6/h7,9-15,17,24H,8,16,27H2,1-6H3,(H,28,29,30)/b22-7-. The van der Waals surface area contributed by atoms with E-state index in [1.54, 1.807) is 6.33 Å². The second kappa shape index (κ2) is 9.38. The molecule has 0 aliphatic carbocycles. The van der Waals surface area contributed by atoms with Gasteiger partial charge in [0.15, 0.2) is 0 Å². The molecule has 3 N–H and O–H groups in total. The molecule has 0 spiro atoms. The second-order valence-electron chi connectivity index (χ2n) is 9.23. The van der Waals surface area contributed by atoms with Crippen LogP contribution in [0, 0.1) is 12.3 Å². The molecule has 1 heterocycles. The van der Waals surface area contributed by atoms with Crippen LogP contribution in [0.4, 0.5) is 11.5 Å². The van der Waals surface area contributed by atoms with Crippen LogP contribution < -0.4 is 16.0 Å². The fourth-order valence-corrected chi connectivity index (χ4v) is 3.69. The van der Waals surface area contributed by atoms with Crippen molar-refractivity contribution in [2.24, 2.45) is 11.1 Å². The molecule has 0 aliphatic rings. The Kier molecular flexibility index (Phi) is 6.84. The number of rotatable bonds is 7. The minimum absolute atomic E-state index is 0.0383. The van der Waals surface area contributed by atoms with Gasteiger partial charge in [-0.25, -0.2) is 9.97 Å². The van der Waals surface area contributed by atoms with Gasteiger partial charge < -0.3 is 16.0 Å². The highest BCUT2D eigenvalue weighted by Gasteiger charge is 2.23. The maximum atomic E-state index is 6.52. The Bertz CT molecular complexity index is 1050. The summed E-state index contributed by atoms with van der Waals surface area (Å²) in [5.41, 5.74) is 12.0. The third-order valence-corrected chi connectivity index (χ3v) is 5.43. The SMILES string of the molecule is C/C=C(\N)C(c1ccc(C)cc1)N(CC)c1ccc2ncnc(NCC(C)(C)C)c2c1. The molecule has 3 rings (SSSR count). The summed E-state index contributed by atoms with van der Waals surface area (Å²) in [5.74, 6) is 0.865. The third kappa shape index (κ3) is 5.35. The van der Waals surface area contributed by atoms with Crippen molar-refractivity contribution < 1.29 is 0 Å². The number of anilines is 2. The average molecular weight is 418 g/mol. The van der Waals surface area contributed by atoms with Gasteiger partial charge in [-0.1, -0.05) is 56.7 Å². The van der Waals surface area contributed by atoms with E-state index in [-0.39, 0.29) is 11.5 Å². The predicted octanol–water partition coefficient (Wildman–Crippen LogP) is 5.83. The Morgan fingerprint density at radius 3 is 2.45 bits per heavy atom. The summed E-state index contributed by atoms with van der Waals surface area (Å²) in [4.78, 5) is 11.3. The zero-order valence-corrected chi connectivity index (χ0v) is 19.6. The topological polar surface area (TPSA) is 67.1 Å². The molecule has 0 aliphatic heterocycles. The minimum Gasteiger partial charge on any atom is -0.400 e. The molecular formula is C26H35N5. The molecular weight excluding hydrogens is 382 g/mol. The van der Waals surface area contributed by atoms with Gasteiger partial charge >= 0.3 is 0 Å². The maximum Gasteiger partial charge on any atom is 0.137 e. The van der Waals surface area contributed by atoms with Gasteiger partial charge in [-0.2, -0.15) is 0 Å². The highest BCUT2D eigenvalue weighted by Crippen LogP contribution is 2.34. The van der Waals surface area contributed by atoms with Gasteiger partial charge in [0.25, 0.3) is 0 Å². The zero-order valence-electron chi connectivity index (χ0n) is 19.6. The smallest absolute Gasteiger partial charge is 0.137 e. The first kappa shape index (κ1) is 22.6. The number of aromatic nitrogens is 2. The van der Waals surface area contributed by atoms with E-state index >= 15 is 0 Å². The van der Waals surface area contributed by atoms with E-state index in [4.69, 9.17) is 5.73 Å². The minimum atomic E-state index is -0.0383. The summed E-state index contributed by atoms with van der Waals surface area (Å²) in [6.45, 7) is 14.5. The first-order chi connectivity index (χ1) is 14.7. The number of hydrogen-bond acceptors (Lipinski definition) is 5. The Morgan fingerprint density at radius 2 is 1.84 bits per heavy atom. The van der Waals surface area contributed by atoms with E-state index in [0.717, 1.165) is 41.2 Å². The summed E-state index contributed by atoms with van der Waals surface area (Å²) >= 11 is 0. The number of hydrogen-bond donors (Lipinski definition) is 2. The molecule has 0 amide bonds. The molecule has 1 unspecified atom stereocenters. The van der Waals surface area contributed by atoms with Crippen molar-refractivity contribution in [1.29, 1.82) is 0 Å². The van der Waals surface area contributed by atoms with Gasteiger partial charge in [0.05, 0.1) is 11.6 Å². The van der Waals surface area contributed by atoms with Crippen molar-refractivity contribution in [2.45, 2.75) is 47.6 Å². The van der Waals surface area contributed by atoms with E-state index in [2.05, 4.69) is 97.3 Å². The monoisotopic (exact) mass is 417 g/mol. The number of likely N-dealkylation sites (N-methyl/N-ethyl adjacent to an activating group) is 1. The van der Waals surface area contributed by atoms with Crippen molar-refractivity contribution in [2.75, 3.05) is 23.3 Å². The number of nitrogens with zero attached hydrogens (tertiary/aromatic N) is 3. The highest BCUT2D eigenvalue weighted by molar-refractivity contribution is 5.91. The number of benzene rings is 2. The van der Waals surface area contributed by atoms with Gasteiger partial charge in [-0.15, -0.1) is 0 Å². The van der Waals surface area contributed by atoms with Crippen molar-refractivity contribution in [3.8, 4) is 0 Å². The fraction of sp³-hybridized carbons (Fsp3) is 0.385. The van der Waals surface area contributed by atoms with Crippen LogP contribution in [0.3, 0.4) is 0 Å². The van der Waals surface area contributed by atoms with E-state index in [1.807, 2.05) is 13.0 Å². The lowest BCUT2D eigenvalue weighted by Crippen LogP contribution is -2.32. The molecule has 0 saturated heterocycles. The van der Waals surface area contributed by atoms with E-state index < -0.39 is 0 Å². The van der Waals surface area contributed by atoms with Crippen molar-refractivity contribution in [1.82, 2.24) is 9.97 Å². The van der Waals surface area contributed by atoms with Crippen molar-refractivity contribution in [3.63, 3.8) is 0 Å². The van der Waals surface area contributed by atoms with Crippen LogP contribution in [-0.2, 0) is 0 Å². The molecule has 5 nitrogen and oxygen atoms in total. The predicted molar refractivity (Wildman–Crippen MR) is 132 cm³/mol. The van der Waals surface area contributed by atoms with Crippen molar-refractivity contribution in [3.05, 3.63) is 71.7 Å². The molecule has 31 heavy (non-hydrogen) atoms. The van der Waals surface area contributed by atoms with Gasteiger partial charge in [-0.05, 0) is 49.9 Å². The maximum absolute atomic E-state index is 6.52. The first-order valence-electron chi connectivity index (χ1n) is 11.0. The Morgan fingerprint density at radius 1 is 1.13 bits per heavy atom. The lowest BCUT2D eigenvalue weighted by molar-refractivity contribution is 0.442. The number of nitrogens with two attached hydrogens (primary N) is 1. The summed E-state index contributed by atoms with van der Waals surface area (Å²) < 4.78 is 0. The van der Waals surface area contributed by atoms with Gasteiger partial charge in [0.1, 0.15) is 12.1 Å². The number of nitrogens with one attached hydrogen (secondary N) is 1. The van der Waals surface area contributed by atoms with Crippen LogP contribution in [0.25, 0.3) is 10.9 Å². The molecule has 5 heteroatoms. The summed E-state index contributed by atoms with van der Waals surface area (Å²) in [7, 11) is 0. The molecule has 1 atom stereocenters. The van der Waals surface area contributed by atoms with Crippen LogP contribution >= 0.6 is 0 Å². The molecule has 2 aromatic carbocycles. The van der Waals surface area contributed by atoms with Crippen LogP contribution in [0.2, 0.25) is 0 Å². The largest absolute Gasteiger partial charge is 0.400 e. The lowest BCUT2D eigenvalue weighted by Gasteiger charge is -2.34. The number of allylic oxidation sites excluding steroid dienone is 1. The van der Waals surface area contributed by atoms with Crippen molar-refractivity contribution >= 4 is 22.4 Å². The second-order valence-corrected chi connectivity index (χ2v) is 9.23. The molecule has 164 valence electrons. The van der Waals surface area contributed by atoms with E-state index in [9.17, 15) is 0 Å². The number of fused-ring (bicyclic) bond motifs is 1. The Labute approximate surface area is 186 Å². The zero-order chi connectivity index (χ0) is 22.6. The third-order valence-electron chi connectivity index (χ3n) is 5.43. The molecule has 3 aromatic rings. The van der Waals surface area contributed by atoms with Crippen LogP contribution in [0.5, 0.6) is 0 Å². The Balaban J connectivity index is 2.06. The van der Waals surface area contributed by atoms with Gasteiger partial charge in [-0.3, -0.25) is 0 Å². The van der Waals surface area contributed by atoms with Gasteiger partial charge in [0.2, 0.25) is 0 Å². The summed E-state index contributed by atoms with van der Waals surface area (Å²) in [6, 6.07) is 14.9. The normalized spacial score (nSPS) is 13.3. The molecule has 0 saturated carbocycles. The van der Waals surface area contributed by atoms with E-state index in [0.29, 0.717) is 0 Å². The molecule has 0 bridgehead atoms. The lowest BCUT2D eigenvalue weighted by atomic mass is 9.97. The van der Waals surface area contributed by atoms with E-state index in [1.165, 1.54) is 11.1 Å². The van der Waals surface area contributed by atoms with Gasteiger partial charge in [0, 0.05) is 29.9 Å². The Hall–Kier alpha value is -3.08. The van der Waals surface area contributed by atoms with Crippen LogP contribution in [-0.4, -0.2) is 23.1 Å². The molecule has 0 fully saturated rings. The quantitative estimate of drug-likeness (QED) is 0.506. The fourth-order valence-electron chi connectivity index (χ4n) is 3.69. The average Bonchev–Trinajstić information content (AvgIpc) is 2.75. The highest BCUT2D eigenvalue weighted by atomic mass is 15.2. The number of aryl methyl sites for hydroxylation is 1. The first-order valence-corrected chi connectivity index (χ1v) is 11.0. The van der Waals surface area contributed by atoms with Crippen LogP contribution in [0.15, 0.2) is 60.6 Å². The summed E-state index contributed by atoms with van der Waals surface area (Å²) in [5, 5.41) is 4.53.